The van der Waals surface area contributed by atoms with Gasteiger partial charge in [-0.2, -0.15) is 0 Å². The summed E-state index contributed by atoms with van der Waals surface area (Å²) in [5.41, 5.74) is 0. The lowest BCUT2D eigenvalue weighted by Crippen LogP contribution is -2.48. The monoisotopic (exact) mass is 439 g/mol. The summed E-state index contributed by atoms with van der Waals surface area (Å²) in [6, 6.07) is 0. The molecule has 0 aromatic rings. The number of hydrogen-bond acceptors (Lipinski definition) is 3. The number of likely N-dealkylation sites (tertiary alicyclic amines) is 1. The number of nitrogens with one attached hydrogen (secondary N) is 1. The third-order valence-electron chi connectivity index (χ3n) is 4.41. The molecule has 0 radical (unpaired) electrons. The smallest absolute Gasteiger partial charge is 0.193 e. The molecule has 2 fully saturated rings. The van der Waals surface area contributed by atoms with Gasteiger partial charge in [-0.1, -0.05) is 13.8 Å². The number of nitrogens with zero attached hydrogens (tertiary/aromatic N) is 2. The normalized spacial score (nSPS) is 23.7. The van der Waals surface area contributed by atoms with Crippen molar-refractivity contribution in [2.45, 2.75) is 58.2 Å². The van der Waals surface area contributed by atoms with Crippen LogP contribution in [0.3, 0.4) is 0 Å². The Labute approximate surface area is 158 Å². The standard InChI is InChI=1S/C17H33N3O2.HI/c1-14(2)12-19-17(18-3)20-9-7-15(8-10-20)22-13-16-6-4-5-11-21-16;/h14-16H,4-13H2,1-3H3,(H,18,19);1H. The highest BCUT2D eigenvalue weighted by atomic mass is 127. The van der Waals surface area contributed by atoms with Gasteiger partial charge in [-0.05, 0) is 38.0 Å². The molecule has 2 saturated heterocycles. The Morgan fingerprint density at radius 1 is 1.26 bits per heavy atom. The minimum absolute atomic E-state index is 0. The molecule has 0 aromatic heterocycles. The first kappa shape index (κ1) is 21.0. The summed E-state index contributed by atoms with van der Waals surface area (Å²) in [5.74, 6) is 1.66. The second-order valence-corrected chi connectivity index (χ2v) is 6.83. The van der Waals surface area contributed by atoms with Crippen molar-refractivity contribution in [2.75, 3.05) is 39.9 Å². The van der Waals surface area contributed by atoms with Crippen molar-refractivity contribution in [1.82, 2.24) is 10.2 Å². The highest BCUT2D eigenvalue weighted by molar-refractivity contribution is 14.0. The van der Waals surface area contributed by atoms with Gasteiger partial charge < -0.3 is 19.7 Å². The van der Waals surface area contributed by atoms with Crippen LogP contribution in [0.5, 0.6) is 0 Å². The quantitative estimate of drug-likeness (QED) is 0.407. The molecule has 2 heterocycles. The first-order valence-electron chi connectivity index (χ1n) is 8.88. The number of halogens is 1. The summed E-state index contributed by atoms with van der Waals surface area (Å²) in [7, 11) is 1.87. The molecule has 136 valence electrons. The van der Waals surface area contributed by atoms with E-state index in [4.69, 9.17) is 9.47 Å². The molecule has 0 spiro atoms. The molecule has 1 N–H and O–H groups in total. The van der Waals surface area contributed by atoms with Crippen LogP contribution in [0.1, 0.15) is 46.0 Å². The van der Waals surface area contributed by atoms with E-state index in [1.165, 1.54) is 12.8 Å². The number of guanidine groups is 1. The molecule has 1 atom stereocenters. The van der Waals surface area contributed by atoms with E-state index in [1.807, 2.05) is 7.05 Å². The zero-order valence-corrected chi connectivity index (χ0v) is 17.3. The molecule has 0 amide bonds. The van der Waals surface area contributed by atoms with Crippen LogP contribution in [0.15, 0.2) is 4.99 Å². The average molecular weight is 439 g/mol. The summed E-state index contributed by atoms with van der Waals surface area (Å²) in [6.07, 6.45) is 6.51. The van der Waals surface area contributed by atoms with Crippen molar-refractivity contribution in [3.8, 4) is 0 Å². The topological polar surface area (TPSA) is 46.1 Å². The maximum Gasteiger partial charge on any atom is 0.193 e. The van der Waals surface area contributed by atoms with E-state index in [0.717, 1.165) is 58.1 Å². The molecule has 0 saturated carbocycles. The molecule has 0 aromatic carbocycles. The molecule has 5 nitrogen and oxygen atoms in total. The number of hydrogen-bond donors (Lipinski definition) is 1. The van der Waals surface area contributed by atoms with Crippen LogP contribution < -0.4 is 5.32 Å². The molecular weight excluding hydrogens is 405 g/mol. The molecule has 0 bridgehead atoms. The van der Waals surface area contributed by atoms with Crippen LogP contribution in [0, 0.1) is 5.92 Å². The van der Waals surface area contributed by atoms with Crippen molar-refractivity contribution < 1.29 is 9.47 Å². The van der Waals surface area contributed by atoms with Gasteiger partial charge in [0.2, 0.25) is 0 Å². The number of aliphatic imine (C=N–C) groups is 1. The molecule has 2 aliphatic heterocycles. The third-order valence-corrected chi connectivity index (χ3v) is 4.41. The van der Waals surface area contributed by atoms with E-state index in [2.05, 4.69) is 29.1 Å². The van der Waals surface area contributed by atoms with Gasteiger partial charge in [0.15, 0.2) is 5.96 Å². The van der Waals surface area contributed by atoms with Crippen LogP contribution in [0.4, 0.5) is 0 Å². The fraction of sp³-hybridized carbons (Fsp3) is 0.941. The maximum atomic E-state index is 6.07. The summed E-state index contributed by atoms with van der Waals surface area (Å²) in [5, 5.41) is 3.45. The van der Waals surface area contributed by atoms with Crippen LogP contribution in [0.2, 0.25) is 0 Å². The predicted octanol–water partition coefficient (Wildman–Crippen LogP) is 2.89. The van der Waals surface area contributed by atoms with Crippen LogP contribution in [-0.2, 0) is 9.47 Å². The molecular formula is C17H34IN3O2. The predicted molar refractivity (Wildman–Crippen MR) is 106 cm³/mol. The van der Waals surface area contributed by atoms with E-state index >= 15 is 0 Å². The Hall–Kier alpha value is -0.0800. The second kappa shape index (κ2) is 11.5. The van der Waals surface area contributed by atoms with Gasteiger partial charge >= 0.3 is 0 Å². The fourth-order valence-electron chi connectivity index (χ4n) is 3.04. The molecule has 2 rings (SSSR count). The van der Waals surface area contributed by atoms with Gasteiger partial charge in [0, 0.05) is 33.3 Å². The van der Waals surface area contributed by atoms with Crippen molar-refractivity contribution in [1.29, 1.82) is 0 Å². The largest absolute Gasteiger partial charge is 0.376 e. The first-order valence-corrected chi connectivity index (χ1v) is 8.88. The van der Waals surface area contributed by atoms with Crippen LogP contribution >= 0.6 is 24.0 Å². The molecule has 1 unspecified atom stereocenters. The minimum Gasteiger partial charge on any atom is -0.376 e. The van der Waals surface area contributed by atoms with E-state index in [0.29, 0.717) is 18.1 Å². The Morgan fingerprint density at radius 3 is 2.57 bits per heavy atom. The summed E-state index contributed by atoms with van der Waals surface area (Å²) >= 11 is 0. The summed E-state index contributed by atoms with van der Waals surface area (Å²) in [4.78, 5) is 6.75. The van der Waals surface area contributed by atoms with Gasteiger partial charge in [0.05, 0.1) is 18.8 Å². The highest BCUT2D eigenvalue weighted by Crippen LogP contribution is 2.17. The van der Waals surface area contributed by atoms with E-state index in [9.17, 15) is 0 Å². The summed E-state index contributed by atoms with van der Waals surface area (Å²) in [6.45, 7) is 9.13. The number of rotatable bonds is 5. The lowest BCUT2D eigenvalue weighted by atomic mass is 10.1. The van der Waals surface area contributed by atoms with Crippen LogP contribution in [0.25, 0.3) is 0 Å². The fourth-order valence-corrected chi connectivity index (χ4v) is 3.04. The molecule has 23 heavy (non-hydrogen) atoms. The van der Waals surface area contributed by atoms with E-state index in [1.54, 1.807) is 0 Å². The van der Waals surface area contributed by atoms with Crippen molar-refractivity contribution in [3.63, 3.8) is 0 Å². The number of piperidine rings is 1. The van der Waals surface area contributed by atoms with Crippen LogP contribution in [-0.4, -0.2) is 63.0 Å². The third kappa shape index (κ3) is 7.56. The van der Waals surface area contributed by atoms with Gasteiger partial charge in [-0.15, -0.1) is 24.0 Å². The maximum absolute atomic E-state index is 6.07. The lowest BCUT2D eigenvalue weighted by Gasteiger charge is -2.35. The zero-order valence-electron chi connectivity index (χ0n) is 14.9. The Balaban J connectivity index is 0.00000264. The lowest BCUT2D eigenvalue weighted by molar-refractivity contribution is -0.0721. The summed E-state index contributed by atoms with van der Waals surface area (Å²) < 4.78 is 11.8. The van der Waals surface area contributed by atoms with Crippen molar-refractivity contribution in [3.05, 3.63) is 0 Å². The van der Waals surface area contributed by atoms with E-state index in [-0.39, 0.29) is 24.0 Å². The second-order valence-electron chi connectivity index (χ2n) is 6.83. The van der Waals surface area contributed by atoms with Gasteiger partial charge in [0.25, 0.3) is 0 Å². The Bertz CT molecular complexity index is 339. The van der Waals surface area contributed by atoms with Gasteiger partial charge in [0.1, 0.15) is 0 Å². The Kier molecular flexibility index (Phi) is 10.5. The molecule has 6 heteroatoms. The average Bonchev–Trinajstić information content (AvgIpc) is 2.55. The molecule has 2 aliphatic rings. The van der Waals surface area contributed by atoms with Crippen molar-refractivity contribution in [2.24, 2.45) is 10.9 Å². The highest BCUT2D eigenvalue weighted by Gasteiger charge is 2.23. The SMILES string of the molecule is CN=C(NCC(C)C)N1CCC(OCC2CCCCO2)CC1.I. The van der Waals surface area contributed by atoms with E-state index < -0.39 is 0 Å². The molecule has 0 aliphatic carbocycles. The van der Waals surface area contributed by atoms with Gasteiger partial charge in [-0.3, -0.25) is 4.99 Å². The zero-order chi connectivity index (χ0) is 15.8. The Morgan fingerprint density at radius 2 is 2.00 bits per heavy atom. The first-order chi connectivity index (χ1) is 10.7. The minimum atomic E-state index is 0. The number of ether oxygens (including phenoxy) is 2. The van der Waals surface area contributed by atoms with Crippen molar-refractivity contribution >= 4 is 29.9 Å². The van der Waals surface area contributed by atoms with Gasteiger partial charge in [-0.25, -0.2) is 0 Å².